The van der Waals surface area contributed by atoms with Gasteiger partial charge in [-0.05, 0) is 29.8 Å². The molecular weight excluding hydrogens is 344 g/mol. The largest absolute Gasteiger partial charge is 0.454 e. The Kier molecular flexibility index (Phi) is 4.32. The molecule has 0 saturated heterocycles. The molecule has 0 unspecified atom stereocenters. The molecule has 1 aliphatic rings. The average Bonchev–Trinajstić information content (AvgIpc) is 3.22. The van der Waals surface area contributed by atoms with Crippen LogP contribution < -0.4 is 14.8 Å². The molecule has 5 heteroatoms. The second kappa shape index (κ2) is 6.65. The van der Waals surface area contributed by atoms with Gasteiger partial charge in [-0.15, -0.1) is 11.3 Å². The first-order valence-corrected chi connectivity index (χ1v) is 9.51. The number of nitrogens with one attached hydrogen (secondary N) is 1. The Bertz CT molecular complexity index is 914. The number of thiazole rings is 1. The van der Waals surface area contributed by atoms with Gasteiger partial charge in [0.05, 0.1) is 5.69 Å². The number of aromatic nitrogens is 1. The van der Waals surface area contributed by atoms with Crippen LogP contribution in [-0.2, 0) is 11.8 Å². The SMILES string of the molecule is CC(C)(C)c1nc(Nc2ccccc2)sc1Cc1ccc2c(c1)OCO2. The lowest BCUT2D eigenvalue weighted by atomic mass is 9.90. The second-order valence-corrected chi connectivity index (χ2v) is 8.48. The summed E-state index contributed by atoms with van der Waals surface area (Å²) in [6, 6.07) is 16.3. The van der Waals surface area contributed by atoms with Gasteiger partial charge in [0.15, 0.2) is 16.6 Å². The monoisotopic (exact) mass is 366 g/mol. The summed E-state index contributed by atoms with van der Waals surface area (Å²) in [5.74, 6) is 1.65. The van der Waals surface area contributed by atoms with Crippen molar-refractivity contribution in [2.45, 2.75) is 32.6 Å². The van der Waals surface area contributed by atoms with E-state index in [-0.39, 0.29) is 5.41 Å². The van der Waals surface area contributed by atoms with Crippen molar-refractivity contribution in [3.8, 4) is 11.5 Å². The maximum Gasteiger partial charge on any atom is 0.231 e. The van der Waals surface area contributed by atoms with Crippen LogP contribution in [0.1, 0.15) is 36.9 Å². The van der Waals surface area contributed by atoms with Gasteiger partial charge in [0.1, 0.15) is 0 Å². The first-order chi connectivity index (χ1) is 12.5. The molecule has 2 heterocycles. The molecule has 4 rings (SSSR count). The molecule has 0 aliphatic carbocycles. The van der Waals surface area contributed by atoms with Gasteiger partial charge in [-0.25, -0.2) is 4.98 Å². The summed E-state index contributed by atoms with van der Waals surface area (Å²) >= 11 is 1.72. The van der Waals surface area contributed by atoms with E-state index in [4.69, 9.17) is 14.5 Å². The Morgan fingerprint density at radius 1 is 1.04 bits per heavy atom. The molecule has 1 aromatic heterocycles. The number of anilines is 2. The highest BCUT2D eigenvalue weighted by atomic mass is 32.1. The molecule has 0 fully saturated rings. The van der Waals surface area contributed by atoms with Crippen molar-refractivity contribution >= 4 is 22.2 Å². The summed E-state index contributed by atoms with van der Waals surface area (Å²) in [4.78, 5) is 6.17. The van der Waals surface area contributed by atoms with Gasteiger partial charge in [0.2, 0.25) is 6.79 Å². The van der Waals surface area contributed by atoms with Gasteiger partial charge in [-0.3, -0.25) is 0 Å². The lowest BCUT2D eigenvalue weighted by molar-refractivity contribution is 0.174. The minimum Gasteiger partial charge on any atom is -0.454 e. The molecule has 0 bridgehead atoms. The number of para-hydroxylation sites is 1. The maximum absolute atomic E-state index is 5.51. The predicted octanol–water partition coefficient (Wildman–Crippen LogP) is 5.50. The van der Waals surface area contributed by atoms with E-state index >= 15 is 0 Å². The van der Waals surface area contributed by atoms with Crippen LogP contribution >= 0.6 is 11.3 Å². The highest BCUT2D eigenvalue weighted by Crippen LogP contribution is 2.37. The highest BCUT2D eigenvalue weighted by Gasteiger charge is 2.24. The normalized spacial score (nSPS) is 13.0. The molecule has 2 aromatic carbocycles. The van der Waals surface area contributed by atoms with Crippen LogP contribution in [0.15, 0.2) is 48.5 Å². The fourth-order valence-corrected chi connectivity index (χ4v) is 4.22. The number of benzene rings is 2. The van der Waals surface area contributed by atoms with Crippen molar-refractivity contribution in [3.05, 3.63) is 64.7 Å². The molecule has 26 heavy (non-hydrogen) atoms. The van der Waals surface area contributed by atoms with Gasteiger partial charge in [0.25, 0.3) is 0 Å². The highest BCUT2D eigenvalue weighted by molar-refractivity contribution is 7.15. The van der Waals surface area contributed by atoms with Crippen molar-refractivity contribution in [2.75, 3.05) is 12.1 Å². The van der Waals surface area contributed by atoms with Crippen LogP contribution in [0.25, 0.3) is 0 Å². The molecule has 0 amide bonds. The van der Waals surface area contributed by atoms with Gasteiger partial charge in [-0.1, -0.05) is 45.0 Å². The Balaban J connectivity index is 1.63. The van der Waals surface area contributed by atoms with Crippen LogP contribution in [0.3, 0.4) is 0 Å². The van der Waals surface area contributed by atoms with E-state index in [1.807, 2.05) is 24.3 Å². The first kappa shape index (κ1) is 16.9. The van der Waals surface area contributed by atoms with Crippen molar-refractivity contribution in [1.82, 2.24) is 4.98 Å². The number of fused-ring (bicyclic) bond motifs is 1. The number of ether oxygens (including phenoxy) is 2. The van der Waals surface area contributed by atoms with Gasteiger partial charge >= 0.3 is 0 Å². The number of nitrogens with zero attached hydrogens (tertiary/aromatic N) is 1. The summed E-state index contributed by atoms with van der Waals surface area (Å²) in [5, 5.41) is 4.35. The zero-order chi connectivity index (χ0) is 18.1. The van der Waals surface area contributed by atoms with E-state index in [0.717, 1.165) is 34.4 Å². The van der Waals surface area contributed by atoms with E-state index in [1.165, 1.54) is 10.4 Å². The third-order valence-corrected chi connectivity index (χ3v) is 5.21. The fraction of sp³-hybridized carbons (Fsp3) is 0.286. The van der Waals surface area contributed by atoms with Crippen molar-refractivity contribution < 1.29 is 9.47 Å². The molecular formula is C21H22N2O2S. The summed E-state index contributed by atoms with van der Waals surface area (Å²) in [6.07, 6.45) is 0.831. The quantitative estimate of drug-likeness (QED) is 0.662. The molecule has 134 valence electrons. The minimum absolute atomic E-state index is 0.0151. The first-order valence-electron chi connectivity index (χ1n) is 8.70. The Morgan fingerprint density at radius 3 is 2.58 bits per heavy atom. The van der Waals surface area contributed by atoms with E-state index in [2.05, 4.69) is 50.4 Å². The lowest BCUT2D eigenvalue weighted by Gasteiger charge is -2.17. The average molecular weight is 366 g/mol. The summed E-state index contributed by atoms with van der Waals surface area (Å²) in [6.45, 7) is 6.92. The maximum atomic E-state index is 5.51. The third kappa shape index (κ3) is 3.53. The zero-order valence-corrected chi connectivity index (χ0v) is 16.0. The minimum atomic E-state index is -0.0151. The van der Waals surface area contributed by atoms with Crippen molar-refractivity contribution in [2.24, 2.45) is 0 Å². The van der Waals surface area contributed by atoms with E-state index in [9.17, 15) is 0 Å². The zero-order valence-electron chi connectivity index (χ0n) is 15.2. The fourth-order valence-electron chi connectivity index (χ4n) is 2.99. The van der Waals surface area contributed by atoms with Crippen molar-refractivity contribution in [1.29, 1.82) is 0 Å². The Labute approximate surface area is 157 Å². The van der Waals surface area contributed by atoms with Crippen LogP contribution in [-0.4, -0.2) is 11.8 Å². The van der Waals surface area contributed by atoms with Gasteiger partial charge in [-0.2, -0.15) is 0 Å². The van der Waals surface area contributed by atoms with Gasteiger partial charge in [0, 0.05) is 22.4 Å². The van der Waals surface area contributed by atoms with Crippen LogP contribution in [0, 0.1) is 0 Å². The Morgan fingerprint density at radius 2 is 1.81 bits per heavy atom. The molecule has 0 spiro atoms. The number of hydrogen-bond donors (Lipinski definition) is 1. The molecule has 0 saturated carbocycles. The van der Waals surface area contributed by atoms with Crippen LogP contribution in [0.2, 0.25) is 0 Å². The molecule has 4 nitrogen and oxygen atoms in total. The smallest absolute Gasteiger partial charge is 0.231 e. The standard InChI is InChI=1S/C21H22N2O2S/c1-21(2,3)19-18(12-14-9-10-16-17(11-14)25-13-24-16)26-20(23-19)22-15-7-5-4-6-8-15/h4-11H,12-13H2,1-3H3,(H,22,23). The predicted molar refractivity (Wildman–Crippen MR) is 106 cm³/mol. The molecule has 0 radical (unpaired) electrons. The molecule has 0 atom stereocenters. The summed E-state index contributed by atoms with van der Waals surface area (Å²) in [7, 11) is 0. The number of hydrogen-bond acceptors (Lipinski definition) is 5. The topological polar surface area (TPSA) is 43.4 Å². The van der Waals surface area contributed by atoms with Crippen molar-refractivity contribution in [3.63, 3.8) is 0 Å². The summed E-state index contributed by atoms with van der Waals surface area (Å²) in [5.41, 5.74) is 3.38. The summed E-state index contributed by atoms with van der Waals surface area (Å²) < 4.78 is 10.9. The molecule has 1 aliphatic heterocycles. The van der Waals surface area contributed by atoms with E-state index in [0.29, 0.717) is 6.79 Å². The Hall–Kier alpha value is -2.53. The number of rotatable bonds is 4. The van der Waals surface area contributed by atoms with Gasteiger partial charge < -0.3 is 14.8 Å². The third-order valence-electron chi connectivity index (χ3n) is 4.23. The molecule has 3 aromatic rings. The van der Waals surface area contributed by atoms with Crippen LogP contribution in [0.5, 0.6) is 11.5 Å². The molecule has 1 N–H and O–H groups in total. The lowest BCUT2D eigenvalue weighted by Crippen LogP contribution is -2.14. The van der Waals surface area contributed by atoms with E-state index in [1.54, 1.807) is 11.3 Å². The van der Waals surface area contributed by atoms with Crippen LogP contribution in [0.4, 0.5) is 10.8 Å². The van der Waals surface area contributed by atoms with E-state index < -0.39 is 0 Å². The second-order valence-electron chi connectivity index (χ2n) is 7.40.